The van der Waals surface area contributed by atoms with Crippen molar-refractivity contribution in [2.24, 2.45) is 11.8 Å². The highest BCUT2D eigenvalue weighted by molar-refractivity contribution is 9.09. The minimum atomic E-state index is -1.24. The second kappa shape index (κ2) is 17.1. The molecule has 3 heterocycles. The zero-order chi connectivity index (χ0) is 36.7. The van der Waals surface area contributed by atoms with Crippen molar-refractivity contribution >= 4 is 45.3 Å². The van der Waals surface area contributed by atoms with Gasteiger partial charge in [0.05, 0.1) is 24.0 Å². The summed E-state index contributed by atoms with van der Waals surface area (Å²) in [5.41, 5.74) is 2.12. The molecule has 274 valence electrons. The smallest absolute Gasteiger partial charge is 0.306 e. The van der Waals surface area contributed by atoms with E-state index in [9.17, 15) is 19.5 Å². The fourth-order valence-corrected chi connectivity index (χ4v) is 9.08. The molecule has 1 spiro atoms. The lowest BCUT2D eigenvalue weighted by atomic mass is 9.70. The third-order valence-corrected chi connectivity index (χ3v) is 11.2. The van der Waals surface area contributed by atoms with E-state index in [-0.39, 0.29) is 42.8 Å². The summed E-state index contributed by atoms with van der Waals surface area (Å²) in [4.78, 5) is 59.7. The Morgan fingerprint density at radius 1 is 1.08 bits per heavy atom. The van der Waals surface area contributed by atoms with Crippen LogP contribution >= 0.6 is 15.9 Å². The minimum Gasteiger partial charge on any atom is -0.463 e. The number of carbonyl (C=O) groups excluding carboxylic acids is 4. The highest BCUT2D eigenvalue weighted by atomic mass is 79.9. The molecule has 0 aromatic heterocycles. The summed E-state index contributed by atoms with van der Waals surface area (Å²) in [5.74, 6) is -3.12. The number of rotatable bonds is 18. The van der Waals surface area contributed by atoms with Crippen LogP contribution in [0.1, 0.15) is 67.7 Å². The number of ether oxygens (including phenoxy) is 2. The lowest BCUT2D eigenvalue weighted by Crippen LogP contribution is -2.57. The van der Waals surface area contributed by atoms with Crippen molar-refractivity contribution in [1.82, 2.24) is 10.2 Å². The SMILES string of the molecule is C=CCCC(=O)OC[C@@H](NC(=O)[C@@H]1[C@H]2O[C@@]3(CC2Br)[C@H](C(=O)N(CC=C)c2c(C)cccc2C)N(CCCCCCO)C(=O)[C@@H]13)c1ccccc1. The molecule has 11 heteroatoms. The maximum atomic E-state index is 15.0. The number of allylic oxidation sites excluding steroid dienone is 1. The Balaban J connectivity index is 1.49. The van der Waals surface area contributed by atoms with Crippen LogP contribution in [0, 0.1) is 25.7 Å². The highest BCUT2D eigenvalue weighted by Crippen LogP contribution is 2.60. The van der Waals surface area contributed by atoms with Gasteiger partial charge in [0.2, 0.25) is 11.8 Å². The molecule has 0 radical (unpaired) electrons. The Bertz CT molecular complexity index is 1580. The third kappa shape index (κ3) is 7.85. The maximum Gasteiger partial charge on any atom is 0.306 e. The van der Waals surface area contributed by atoms with Crippen LogP contribution in [0.25, 0.3) is 0 Å². The number of unbranched alkanes of at least 4 members (excludes halogenated alkanes) is 3. The largest absolute Gasteiger partial charge is 0.463 e. The molecule has 7 atom stereocenters. The molecule has 2 N–H and O–H groups in total. The zero-order valence-electron chi connectivity index (χ0n) is 29.6. The minimum absolute atomic E-state index is 0.0845. The summed E-state index contributed by atoms with van der Waals surface area (Å²) in [7, 11) is 0. The standard InChI is InChI=1S/C40H50BrN3O7/c1-5-7-20-31(46)50-25-30(28-18-11-10-12-19-28)42-37(47)32-33-38(48)44(22-13-8-9-14-23-45)36(40(33)24-29(41)35(32)51-40)39(49)43(21-6-2)34-26(3)16-15-17-27(34)4/h5-6,10-12,15-19,29-30,32-33,35-36,45H,1-2,7-9,13-14,20-25H2,3-4H3,(H,42,47)/t29?,30-,32+,33-,35+,36+,40-/m1/s1. The average Bonchev–Trinajstić information content (AvgIpc) is 3.71. The lowest BCUT2D eigenvalue weighted by molar-refractivity contribution is -0.145. The maximum absolute atomic E-state index is 15.0. The molecule has 3 fully saturated rings. The van der Waals surface area contributed by atoms with Gasteiger partial charge in [0, 0.05) is 36.6 Å². The van der Waals surface area contributed by atoms with Gasteiger partial charge in [0.25, 0.3) is 5.91 Å². The second-order valence-electron chi connectivity index (χ2n) is 13.8. The number of esters is 1. The van der Waals surface area contributed by atoms with Gasteiger partial charge in [-0.1, -0.05) is 89.5 Å². The van der Waals surface area contributed by atoms with Crippen molar-refractivity contribution in [3.05, 3.63) is 90.5 Å². The number of hydrogen-bond acceptors (Lipinski definition) is 7. The fraction of sp³-hybridized carbons (Fsp3) is 0.500. The van der Waals surface area contributed by atoms with Crippen LogP contribution in [0.3, 0.4) is 0 Å². The summed E-state index contributed by atoms with van der Waals surface area (Å²) in [5, 5.41) is 12.4. The molecule has 0 aliphatic carbocycles. The van der Waals surface area contributed by atoms with Gasteiger partial charge in [-0.2, -0.15) is 0 Å². The molecule has 2 aromatic rings. The first-order chi connectivity index (χ1) is 24.6. The molecule has 2 aromatic carbocycles. The van der Waals surface area contributed by atoms with E-state index in [0.29, 0.717) is 32.2 Å². The average molecular weight is 765 g/mol. The predicted octanol–water partition coefficient (Wildman–Crippen LogP) is 5.49. The Hall–Kier alpha value is -3.80. The number of benzene rings is 2. The third-order valence-electron chi connectivity index (χ3n) is 10.4. The number of aliphatic hydroxyl groups excluding tert-OH is 1. The first-order valence-corrected chi connectivity index (χ1v) is 18.8. The summed E-state index contributed by atoms with van der Waals surface area (Å²) >= 11 is 3.78. The quantitative estimate of drug-likeness (QED) is 0.0891. The molecular formula is C40H50BrN3O7. The summed E-state index contributed by atoms with van der Waals surface area (Å²) in [6, 6.07) is 13.5. The molecule has 2 bridgehead atoms. The highest BCUT2D eigenvalue weighted by Gasteiger charge is 2.76. The van der Waals surface area contributed by atoms with Gasteiger partial charge in [-0.05, 0) is 56.2 Å². The van der Waals surface area contributed by atoms with Gasteiger partial charge >= 0.3 is 5.97 Å². The molecule has 3 aliphatic rings. The van der Waals surface area contributed by atoms with E-state index in [2.05, 4.69) is 34.4 Å². The van der Waals surface area contributed by atoms with Crippen molar-refractivity contribution in [2.45, 2.75) is 87.4 Å². The zero-order valence-corrected chi connectivity index (χ0v) is 31.2. The lowest BCUT2D eigenvalue weighted by Gasteiger charge is -2.38. The molecule has 3 amide bonds. The van der Waals surface area contributed by atoms with Crippen molar-refractivity contribution in [3.8, 4) is 0 Å². The van der Waals surface area contributed by atoms with E-state index in [0.717, 1.165) is 35.2 Å². The van der Waals surface area contributed by atoms with Crippen LogP contribution in [-0.4, -0.2) is 82.6 Å². The van der Waals surface area contributed by atoms with E-state index in [4.69, 9.17) is 9.47 Å². The Morgan fingerprint density at radius 2 is 1.78 bits per heavy atom. The molecule has 10 nitrogen and oxygen atoms in total. The monoisotopic (exact) mass is 763 g/mol. The molecular weight excluding hydrogens is 714 g/mol. The van der Waals surface area contributed by atoms with E-state index in [1.54, 1.807) is 22.0 Å². The van der Waals surface area contributed by atoms with Gasteiger partial charge in [-0.15, -0.1) is 13.2 Å². The molecule has 1 unspecified atom stereocenters. The van der Waals surface area contributed by atoms with Gasteiger partial charge in [-0.25, -0.2) is 0 Å². The van der Waals surface area contributed by atoms with Crippen LogP contribution in [0.5, 0.6) is 0 Å². The number of aryl methyl sites for hydroxylation is 2. The number of nitrogens with one attached hydrogen (secondary N) is 1. The topological polar surface area (TPSA) is 125 Å². The van der Waals surface area contributed by atoms with Crippen LogP contribution < -0.4 is 10.2 Å². The number of aliphatic hydroxyl groups is 1. The molecule has 5 rings (SSSR count). The molecule has 0 saturated carbocycles. The predicted molar refractivity (Wildman–Crippen MR) is 199 cm³/mol. The number of para-hydroxylation sites is 1. The number of anilines is 1. The summed E-state index contributed by atoms with van der Waals surface area (Å²) in [6.07, 6.45) is 6.57. The van der Waals surface area contributed by atoms with E-state index in [1.165, 1.54) is 0 Å². The molecule has 3 aliphatic heterocycles. The van der Waals surface area contributed by atoms with Gasteiger partial charge < -0.3 is 29.7 Å². The number of likely N-dealkylation sites (tertiary alicyclic amines) is 1. The first-order valence-electron chi connectivity index (χ1n) is 17.9. The number of hydrogen-bond donors (Lipinski definition) is 2. The number of amides is 3. The number of carbonyl (C=O) groups is 4. The normalized spacial score (nSPS) is 25.3. The fourth-order valence-electron chi connectivity index (χ4n) is 8.14. The van der Waals surface area contributed by atoms with Crippen LogP contribution in [0.4, 0.5) is 5.69 Å². The number of halogens is 1. The number of fused-ring (bicyclic) bond motifs is 1. The van der Waals surface area contributed by atoms with Crippen molar-refractivity contribution < 1.29 is 33.8 Å². The van der Waals surface area contributed by atoms with Crippen LogP contribution in [-0.2, 0) is 28.7 Å². The van der Waals surface area contributed by atoms with Crippen LogP contribution in [0.15, 0.2) is 73.8 Å². The van der Waals surface area contributed by atoms with Crippen molar-refractivity contribution in [3.63, 3.8) is 0 Å². The number of alkyl halides is 1. The van der Waals surface area contributed by atoms with Gasteiger partial charge in [-0.3, -0.25) is 19.2 Å². The van der Waals surface area contributed by atoms with Crippen molar-refractivity contribution in [1.29, 1.82) is 0 Å². The number of nitrogens with zero attached hydrogens (tertiary/aromatic N) is 2. The summed E-state index contributed by atoms with van der Waals surface area (Å²) < 4.78 is 12.4. The Labute approximate surface area is 309 Å². The van der Waals surface area contributed by atoms with Crippen LogP contribution in [0.2, 0.25) is 0 Å². The van der Waals surface area contributed by atoms with Gasteiger partial charge in [0.15, 0.2) is 0 Å². The van der Waals surface area contributed by atoms with E-state index in [1.807, 2.05) is 62.4 Å². The summed E-state index contributed by atoms with van der Waals surface area (Å²) in [6.45, 7) is 12.1. The first kappa shape index (κ1) is 38.4. The molecule has 51 heavy (non-hydrogen) atoms. The van der Waals surface area contributed by atoms with E-state index < -0.39 is 47.5 Å². The van der Waals surface area contributed by atoms with Gasteiger partial charge in [0.1, 0.15) is 18.2 Å². The Morgan fingerprint density at radius 3 is 2.45 bits per heavy atom. The van der Waals surface area contributed by atoms with Crippen molar-refractivity contribution in [2.75, 3.05) is 31.2 Å². The van der Waals surface area contributed by atoms with E-state index >= 15 is 4.79 Å². The molecule has 3 saturated heterocycles. The Kier molecular flexibility index (Phi) is 12.9. The second-order valence-corrected chi connectivity index (χ2v) is 15.0.